The molecule has 1 fully saturated rings. The Balaban J connectivity index is 1.64. The largest absolute Gasteiger partial charge is 0.352 e. The SMILES string of the molecule is CC(Sc1ncc(-c2ccccc2)n1C)C(=O)NC1CCCCC1C. The number of hydrogen-bond acceptors (Lipinski definition) is 3. The Labute approximate surface area is 154 Å². The highest BCUT2D eigenvalue weighted by molar-refractivity contribution is 8.00. The van der Waals surface area contributed by atoms with E-state index in [2.05, 4.69) is 33.9 Å². The van der Waals surface area contributed by atoms with Crippen LogP contribution in [0, 0.1) is 5.92 Å². The standard InChI is InChI=1S/C20H27N3OS/c1-14-9-7-8-12-17(14)22-19(24)15(2)25-20-21-13-18(23(20)3)16-10-5-4-6-11-16/h4-6,10-11,13-15,17H,7-9,12H2,1-3H3,(H,22,24). The van der Waals surface area contributed by atoms with Gasteiger partial charge in [0.05, 0.1) is 17.1 Å². The van der Waals surface area contributed by atoms with Crippen molar-refractivity contribution in [1.82, 2.24) is 14.9 Å². The van der Waals surface area contributed by atoms with Crippen LogP contribution in [0.25, 0.3) is 11.3 Å². The number of carbonyl (C=O) groups is 1. The van der Waals surface area contributed by atoms with Gasteiger partial charge < -0.3 is 9.88 Å². The fourth-order valence-corrected chi connectivity index (χ4v) is 4.28. The van der Waals surface area contributed by atoms with E-state index < -0.39 is 0 Å². The summed E-state index contributed by atoms with van der Waals surface area (Å²) in [5.74, 6) is 0.695. The minimum atomic E-state index is -0.154. The van der Waals surface area contributed by atoms with E-state index in [4.69, 9.17) is 0 Å². The fourth-order valence-electron chi connectivity index (χ4n) is 3.42. The van der Waals surface area contributed by atoms with Crippen LogP contribution in [0.2, 0.25) is 0 Å². The summed E-state index contributed by atoms with van der Waals surface area (Å²) in [5, 5.41) is 3.97. The van der Waals surface area contributed by atoms with Gasteiger partial charge in [0.1, 0.15) is 0 Å². The van der Waals surface area contributed by atoms with Crippen LogP contribution in [0.4, 0.5) is 0 Å². The Morgan fingerprint density at radius 1 is 1.28 bits per heavy atom. The summed E-state index contributed by atoms with van der Waals surface area (Å²) in [7, 11) is 2.01. The van der Waals surface area contributed by atoms with Crippen molar-refractivity contribution in [3.8, 4) is 11.3 Å². The van der Waals surface area contributed by atoms with Crippen LogP contribution in [0.5, 0.6) is 0 Å². The Morgan fingerprint density at radius 2 is 2.00 bits per heavy atom. The maximum atomic E-state index is 12.6. The lowest BCUT2D eigenvalue weighted by molar-refractivity contribution is -0.121. The third-order valence-electron chi connectivity index (χ3n) is 5.11. The molecule has 134 valence electrons. The summed E-state index contributed by atoms with van der Waals surface area (Å²) in [6, 6.07) is 10.5. The first-order chi connectivity index (χ1) is 12.1. The van der Waals surface area contributed by atoms with Crippen molar-refractivity contribution < 1.29 is 4.79 Å². The number of hydrogen-bond donors (Lipinski definition) is 1. The molecule has 3 atom stereocenters. The molecule has 3 unspecified atom stereocenters. The maximum absolute atomic E-state index is 12.6. The Bertz CT molecular complexity index is 713. The Morgan fingerprint density at radius 3 is 2.72 bits per heavy atom. The van der Waals surface area contributed by atoms with Crippen molar-refractivity contribution >= 4 is 17.7 Å². The van der Waals surface area contributed by atoms with Gasteiger partial charge in [-0.25, -0.2) is 4.98 Å². The fraction of sp³-hybridized carbons (Fsp3) is 0.500. The van der Waals surface area contributed by atoms with E-state index in [1.165, 1.54) is 31.0 Å². The first-order valence-corrected chi connectivity index (χ1v) is 9.98. The highest BCUT2D eigenvalue weighted by Gasteiger charge is 2.26. The molecule has 4 nitrogen and oxygen atoms in total. The molecular weight excluding hydrogens is 330 g/mol. The second-order valence-corrected chi connectivity index (χ2v) is 8.30. The molecule has 1 N–H and O–H groups in total. The number of rotatable bonds is 5. The molecule has 1 amide bonds. The molecule has 0 aliphatic heterocycles. The monoisotopic (exact) mass is 357 g/mol. The zero-order chi connectivity index (χ0) is 17.8. The number of aromatic nitrogens is 2. The highest BCUT2D eigenvalue weighted by atomic mass is 32.2. The van der Waals surface area contributed by atoms with Crippen molar-refractivity contribution in [3.05, 3.63) is 36.5 Å². The van der Waals surface area contributed by atoms with E-state index in [-0.39, 0.29) is 11.2 Å². The summed E-state index contributed by atoms with van der Waals surface area (Å²) in [4.78, 5) is 17.1. The number of nitrogens with one attached hydrogen (secondary N) is 1. The molecule has 2 aromatic rings. The number of amides is 1. The normalized spacial score (nSPS) is 21.7. The molecule has 0 saturated heterocycles. The summed E-state index contributed by atoms with van der Waals surface area (Å²) in [6.45, 7) is 4.21. The van der Waals surface area contributed by atoms with Gasteiger partial charge in [0.15, 0.2) is 5.16 Å². The van der Waals surface area contributed by atoms with Crippen LogP contribution >= 0.6 is 11.8 Å². The van der Waals surface area contributed by atoms with Gasteiger partial charge in [-0.2, -0.15) is 0 Å². The number of imidazole rings is 1. The van der Waals surface area contributed by atoms with Crippen LogP contribution in [0.3, 0.4) is 0 Å². The Kier molecular flexibility index (Phi) is 5.84. The molecule has 1 aromatic heterocycles. The minimum absolute atomic E-state index is 0.119. The van der Waals surface area contributed by atoms with Crippen molar-refractivity contribution in [3.63, 3.8) is 0 Å². The highest BCUT2D eigenvalue weighted by Crippen LogP contribution is 2.28. The summed E-state index contributed by atoms with van der Waals surface area (Å²) >= 11 is 1.52. The molecule has 25 heavy (non-hydrogen) atoms. The van der Waals surface area contributed by atoms with Crippen molar-refractivity contribution in [2.75, 3.05) is 0 Å². The average molecular weight is 358 g/mol. The lowest BCUT2D eigenvalue weighted by Crippen LogP contribution is -2.44. The molecule has 0 radical (unpaired) electrons. The average Bonchev–Trinajstić information content (AvgIpc) is 2.98. The number of thioether (sulfide) groups is 1. The van der Waals surface area contributed by atoms with E-state index in [0.29, 0.717) is 12.0 Å². The van der Waals surface area contributed by atoms with Gasteiger partial charge in [-0.3, -0.25) is 4.79 Å². The van der Waals surface area contributed by atoms with Gasteiger partial charge in [-0.15, -0.1) is 0 Å². The molecule has 1 saturated carbocycles. The molecule has 1 aliphatic carbocycles. The van der Waals surface area contributed by atoms with Crippen molar-refractivity contribution in [1.29, 1.82) is 0 Å². The third-order valence-corrected chi connectivity index (χ3v) is 6.26. The number of carbonyl (C=O) groups excluding carboxylic acids is 1. The van der Waals surface area contributed by atoms with Gasteiger partial charge in [0.25, 0.3) is 0 Å². The predicted octanol–water partition coefficient (Wildman–Crippen LogP) is 4.26. The smallest absolute Gasteiger partial charge is 0.233 e. The van der Waals surface area contributed by atoms with E-state index in [1.54, 1.807) is 0 Å². The number of nitrogens with zero attached hydrogens (tertiary/aromatic N) is 2. The molecule has 3 rings (SSSR count). The molecule has 1 aliphatic rings. The summed E-state index contributed by atoms with van der Waals surface area (Å²) < 4.78 is 2.06. The van der Waals surface area contributed by atoms with Gasteiger partial charge in [0.2, 0.25) is 5.91 Å². The van der Waals surface area contributed by atoms with Gasteiger partial charge in [-0.05, 0) is 31.2 Å². The van der Waals surface area contributed by atoms with Crippen LogP contribution in [-0.2, 0) is 11.8 Å². The third kappa shape index (κ3) is 4.27. The van der Waals surface area contributed by atoms with Crippen molar-refractivity contribution in [2.24, 2.45) is 13.0 Å². The van der Waals surface area contributed by atoms with Crippen molar-refractivity contribution in [2.45, 2.75) is 56.0 Å². The van der Waals surface area contributed by atoms with Crippen LogP contribution in [0.15, 0.2) is 41.7 Å². The summed E-state index contributed by atoms with van der Waals surface area (Å²) in [6.07, 6.45) is 6.70. The molecule has 1 aromatic carbocycles. The maximum Gasteiger partial charge on any atom is 0.233 e. The molecule has 0 spiro atoms. The molecular formula is C20H27N3OS. The first kappa shape index (κ1) is 18.1. The number of benzene rings is 1. The molecule has 5 heteroatoms. The van der Waals surface area contributed by atoms with Crippen LogP contribution < -0.4 is 5.32 Å². The first-order valence-electron chi connectivity index (χ1n) is 9.10. The quantitative estimate of drug-likeness (QED) is 0.813. The van der Waals surface area contributed by atoms with Crippen LogP contribution in [0.1, 0.15) is 39.5 Å². The van der Waals surface area contributed by atoms with Gasteiger partial charge in [0, 0.05) is 13.1 Å². The Hall–Kier alpha value is -1.75. The molecule has 0 bridgehead atoms. The van der Waals surface area contributed by atoms with E-state index in [1.807, 2.05) is 38.4 Å². The topological polar surface area (TPSA) is 46.9 Å². The lowest BCUT2D eigenvalue weighted by Gasteiger charge is -2.30. The zero-order valence-electron chi connectivity index (χ0n) is 15.2. The summed E-state index contributed by atoms with van der Waals surface area (Å²) in [5.41, 5.74) is 2.20. The molecule has 1 heterocycles. The van der Waals surface area contributed by atoms with Gasteiger partial charge >= 0.3 is 0 Å². The zero-order valence-corrected chi connectivity index (χ0v) is 16.1. The lowest BCUT2D eigenvalue weighted by atomic mass is 9.86. The second kappa shape index (κ2) is 8.09. The van der Waals surface area contributed by atoms with Crippen LogP contribution in [-0.4, -0.2) is 26.8 Å². The van der Waals surface area contributed by atoms with E-state index >= 15 is 0 Å². The predicted molar refractivity (Wildman–Crippen MR) is 104 cm³/mol. The van der Waals surface area contributed by atoms with E-state index in [9.17, 15) is 4.79 Å². The second-order valence-electron chi connectivity index (χ2n) is 6.99. The van der Waals surface area contributed by atoms with E-state index in [0.717, 1.165) is 22.8 Å². The minimum Gasteiger partial charge on any atom is -0.352 e. The van der Waals surface area contributed by atoms with Gasteiger partial charge in [-0.1, -0.05) is 61.9 Å².